The number of hydrogen-bond donors (Lipinski definition) is 0. The first-order chi connectivity index (χ1) is 8.56. The van der Waals surface area contributed by atoms with Crippen molar-refractivity contribution in [1.29, 1.82) is 0 Å². The fourth-order valence-corrected chi connectivity index (χ4v) is 2.38. The van der Waals surface area contributed by atoms with E-state index < -0.39 is 5.82 Å². The largest absolute Gasteiger partial charge is 0.234 e. The van der Waals surface area contributed by atoms with Crippen LogP contribution in [-0.4, -0.2) is 9.97 Å². The number of nitrogens with zero attached hydrogens (tertiary/aromatic N) is 2. The third kappa shape index (κ3) is 3.17. The topological polar surface area (TPSA) is 25.8 Å². The molecule has 0 unspecified atom stereocenters. The van der Waals surface area contributed by atoms with Crippen LogP contribution in [0.1, 0.15) is 11.5 Å². The van der Waals surface area contributed by atoms with Gasteiger partial charge in [0, 0.05) is 4.90 Å². The molecule has 2 nitrogen and oxygen atoms in total. The minimum absolute atomic E-state index is 0.183. The molecular formula is C12H9ClF2N2S. The smallest absolute Gasteiger partial charge is 0.181 e. The van der Waals surface area contributed by atoms with E-state index in [1.165, 1.54) is 30.8 Å². The molecule has 0 amide bonds. The highest BCUT2D eigenvalue weighted by Crippen LogP contribution is 2.23. The monoisotopic (exact) mass is 286 g/mol. The predicted octanol–water partition coefficient (Wildman–Crippen LogP) is 4.01. The van der Waals surface area contributed by atoms with Crippen molar-refractivity contribution < 1.29 is 8.78 Å². The summed E-state index contributed by atoms with van der Waals surface area (Å²) < 4.78 is 26.2. The number of benzene rings is 1. The second kappa shape index (κ2) is 5.63. The molecule has 6 heteroatoms. The molecule has 1 heterocycles. The molecule has 0 radical (unpaired) electrons. The fraction of sp³-hybridized carbons (Fsp3) is 0.167. The number of aromatic nitrogens is 2. The molecule has 2 aromatic rings. The minimum Gasteiger partial charge on any atom is -0.234 e. The van der Waals surface area contributed by atoms with Crippen molar-refractivity contribution in [2.45, 2.75) is 17.6 Å². The van der Waals surface area contributed by atoms with Gasteiger partial charge in [-0.25, -0.2) is 18.7 Å². The van der Waals surface area contributed by atoms with Gasteiger partial charge in [0.15, 0.2) is 11.0 Å². The molecule has 0 saturated heterocycles. The van der Waals surface area contributed by atoms with Gasteiger partial charge >= 0.3 is 0 Å². The highest BCUT2D eigenvalue weighted by atomic mass is 35.5. The molecule has 0 fully saturated rings. The van der Waals surface area contributed by atoms with Gasteiger partial charge in [-0.2, -0.15) is 0 Å². The zero-order valence-electron chi connectivity index (χ0n) is 9.45. The molecule has 0 bridgehead atoms. The Balaban J connectivity index is 2.11. The Kier molecular flexibility index (Phi) is 4.14. The average Bonchev–Trinajstić information content (AvgIpc) is 2.33. The van der Waals surface area contributed by atoms with Crippen molar-refractivity contribution in [3.63, 3.8) is 0 Å². The highest BCUT2D eigenvalue weighted by Gasteiger charge is 2.09. The fourth-order valence-electron chi connectivity index (χ4n) is 1.35. The summed E-state index contributed by atoms with van der Waals surface area (Å²) >= 11 is 7.00. The Morgan fingerprint density at radius 1 is 1.28 bits per heavy atom. The van der Waals surface area contributed by atoms with Crippen LogP contribution in [0.2, 0.25) is 5.15 Å². The summed E-state index contributed by atoms with van der Waals surface area (Å²) in [5.41, 5.74) is 0.213. The first-order valence-electron chi connectivity index (χ1n) is 5.13. The molecule has 94 valence electrons. The summed E-state index contributed by atoms with van der Waals surface area (Å²) in [6, 6.07) is 6.20. The van der Waals surface area contributed by atoms with Crippen molar-refractivity contribution in [3.05, 3.63) is 52.6 Å². The van der Waals surface area contributed by atoms with Gasteiger partial charge in [-0.05, 0) is 25.1 Å². The molecule has 0 N–H and O–H groups in total. The van der Waals surface area contributed by atoms with E-state index in [1.807, 2.05) is 0 Å². The van der Waals surface area contributed by atoms with Gasteiger partial charge in [0.05, 0.1) is 11.4 Å². The summed E-state index contributed by atoms with van der Waals surface area (Å²) in [5.74, 6) is -0.0665. The maximum Gasteiger partial charge on any atom is 0.181 e. The van der Waals surface area contributed by atoms with Crippen LogP contribution in [0.25, 0.3) is 0 Å². The zero-order valence-corrected chi connectivity index (χ0v) is 11.0. The van der Waals surface area contributed by atoms with Gasteiger partial charge in [0.2, 0.25) is 0 Å². The number of hydrogen-bond acceptors (Lipinski definition) is 3. The summed E-state index contributed by atoms with van der Waals surface area (Å²) in [4.78, 5) is 8.58. The van der Waals surface area contributed by atoms with Crippen molar-refractivity contribution in [3.8, 4) is 0 Å². The second-order valence-electron chi connectivity index (χ2n) is 3.58. The Morgan fingerprint density at radius 3 is 2.72 bits per heavy atom. The molecule has 18 heavy (non-hydrogen) atoms. The molecule has 0 aliphatic heterocycles. The van der Waals surface area contributed by atoms with Gasteiger partial charge in [0.1, 0.15) is 11.6 Å². The summed E-state index contributed by atoms with van der Waals surface area (Å²) in [6.45, 7) is 1.53. The van der Waals surface area contributed by atoms with E-state index in [1.54, 1.807) is 12.1 Å². The Hall–Kier alpha value is -1.20. The summed E-state index contributed by atoms with van der Waals surface area (Å²) in [5, 5.41) is -0.183. The molecule has 0 atom stereocenters. The van der Waals surface area contributed by atoms with Crippen LogP contribution >= 0.6 is 23.4 Å². The highest BCUT2D eigenvalue weighted by molar-refractivity contribution is 7.98. The van der Waals surface area contributed by atoms with Crippen LogP contribution < -0.4 is 0 Å². The standard InChI is InChI=1S/C12H9ClF2N2S/c1-7-11(15)12(13)17-10(16-7)6-18-9-4-2-3-8(14)5-9/h2-5H,6H2,1H3. The van der Waals surface area contributed by atoms with Crippen molar-refractivity contribution in [1.82, 2.24) is 9.97 Å². The van der Waals surface area contributed by atoms with Gasteiger partial charge in [-0.3, -0.25) is 0 Å². The van der Waals surface area contributed by atoms with E-state index in [0.717, 1.165) is 4.90 Å². The third-order valence-electron chi connectivity index (χ3n) is 2.19. The van der Waals surface area contributed by atoms with E-state index in [4.69, 9.17) is 11.6 Å². The number of aryl methyl sites for hydroxylation is 1. The average molecular weight is 287 g/mol. The lowest BCUT2D eigenvalue weighted by molar-refractivity contribution is 0.598. The predicted molar refractivity (Wildman–Crippen MR) is 67.7 cm³/mol. The first kappa shape index (κ1) is 13.2. The van der Waals surface area contributed by atoms with Crippen LogP contribution in [0, 0.1) is 18.6 Å². The summed E-state index contributed by atoms with van der Waals surface area (Å²) in [6.07, 6.45) is 0. The van der Waals surface area contributed by atoms with Crippen LogP contribution in [0.3, 0.4) is 0 Å². The Morgan fingerprint density at radius 2 is 2.06 bits per heavy atom. The molecule has 0 spiro atoms. The summed E-state index contributed by atoms with van der Waals surface area (Å²) in [7, 11) is 0. The van der Waals surface area contributed by atoms with Gasteiger partial charge in [-0.1, -0.05) is 17.7 Å². The Bertz CT molecular complexity index is 555. The molecule has 0 saturated carbocycles. The molecule has 0 aliphatic carbocycles. The van der Waals surface area contributed by atoms with E-state index in [0.29, 0.717) is 11.6 Å². The lowest BCUT2D eigenvalue weighted by Crippen LogP contribution is -1.99. The van der Waals surface area contributed by atoms with E-state index >= 15 is 0 Å². The lowest BCUT2D eigenvalue weighted by atomic mass is 10.4. The van der Waals surface area contributed by atoms with Crippen LogP contribution in [0.4, 0.5) is 8.78 Å². The van der Waals surface area contributed by atoms with Crippen LogP contribution in [0.5, 0.6) is 0 Å². The molecule has 2 rings (SSSR count). The third-order valence-corrected chi connectivity index (χ3v) is 3.43. The molecule has 1 aromatic carbocycles. The molecular weight excluding hydrogens is 278 g/mol. The maximum absolute atomic E-state index is 13.2. The SMILES string of the molecule is Cc1nc(CSc2cccc(F)c2)nc(Cl)c1F. The lowest BCUT2D eigenvalue weighted by Gasteiger charge is -2.04. The number of thioether (sulfide) groups is 1. The second-order valence-corrected chi connectivity index (χ2v) is 4.98. The quantitative estimate of drug-likeness (QED) is 0.630. The van der Waals surface area contributed by atoms with E-state index in [2.05, 4.69) is 9.97 Å². The van der Waals surface area contributed by atoms with Crippen molar-refractivity contribution in [2.75, 3.05) is 0 Å². The van der Waals surface area contributed by atoms with Crippen LogP contribution in [-0.2, 0) is 5.75 Å². The first-order valence-corrected chi connectivity index (χ1v) is 6.49. The van der Waals surface area contributed by atoms with Gasteiger partial charge < -0.3 is 0 Å². The molecule has 0 aliphatic rings. The van der Waals surface area contributed by atoms with Crippen LogP contribution in [0.15, 0.2) is 29.2 Å². The van der Waals surface area contributed by atoms with Gasteiger partial charge in [-0.15, -0.1) is 11.8 Å². The Labute approximate surface area is 112 Å². The molecule has 1 aromatic heterocycles. The zero-order chi connectivity index (χ0) is 13.1. The number of rotatable bonds is 3. The van der Waals surface area contributed by atoms with Gasteiger partial charge in [0.25, 0.3) is 0 Å². The van der Waals surface area contributed by atoms with E-state index in [9.17, 15) is 8.78 Å². The maximum atomic E-state index is 13.2. The number of halogens is 3. The normalized spacial score (nSPS) is 10.7. The minimum atomic E-state index is -0.601. The van der Waals surface area contributed by atoms with Crippen molar-refractivity contribution >= 4 is 23.4 Å². The van der Waals surface area contributed by atoms with E-state index in [-0.39, 0.29) is 16.7 Å². The van der Waals surface area contributed by atoms with Crippen molar-refractivity contribution in [2.24, 2.45) is 0 Å².